The normalized spacial score (nSPS) is 12.2. The summed E-state index contributed by atoms with van der Waals surface area (Å²) in [6.45, 7) is 3.82. The summed E-state index contributed by atoms with van der Waals surface area (Å²) in [5, 5.41) is 18.4. The maximum Gasteiger partial charge on any atom is 0.337 e. The lowest BCUT2D eigenvalue weighted by Crippen LogP contribution is -2.12. The van der Waals surface area contributed by atoms with Crippen LogP contribution in [0.4, 0.5) is 5.69 Å². The Morgan fingerprint density at radius 3 is 2.76 bits per heavy atom. The second-order valence-corrected chi connectivity index (χ2v) is 8.36. The number of nitrogens with zero attached hydrogens (tertiary/aromatic N) is 3. The first kappa shape index (κ1) is 21.4. The van der Waals surface area contributed by atoms with Crippen LogP contribution in [0.3, 0.4) is 0 Å². The van der Waals surface area contributed by atoms with E-state index in [-0.39, 0.29) is 17.0 Å². The van der Waals surface area contributed by atoms with Crippen LogP contribution in [0.15, 0.2) is 70.1 Å². The number of carboxylic acid groups (broad SMARTS) is 1. The minimum absolute atomic E-state index is 0.161. The van der Waals surface area contributed by atoms with Crippen LogP contribution in [-0.4, -0.2) is 25.8 Å². The number of hydrogen-bond donors (Lipinski definition) is 2. The van der Waals surface area contributed by atoms with Gasteiger partial charge in [-0.05, 0) is 43.7 Å². The molecular formula is C26H22N4O4. The van der Waals surface area contributed by atoms with E-state index in [0.717, 1.165) is 16.5 Å². The molecule has 3 aromatic heterocycles. The average Bonchev–Trinajstić information content (AvgIpc) is 3.18. The number of aromatic carboxylic acids is 1. The summed E-state index contributed by atoms with van der Waals surface area (Å²) in [6.07, 6.45) is 3.49. The van der Waals surface area contributed by atoms with Crippen LogP contribution in [-0.2, 0) is 7.05 Å². The Labute approximate surface area is 194 Å². The maximum absolute atomic E-state index is 13.1. The van der Waals surface area contributed by atoms with Crippen LogP contribution in [0.5, 0.6) is 0 Å². The van der Waals surface area contributed by atoms with E-state index < -0.39 is 5.97 Å². The molecule has 5 rings (SSSR count). The van der Waals surface area contributed by atoms with Crippen molar-refractivity contribution in [1.82, 2.24) is 14.8 Å². The van der Waals surface area contributed by atoms with Gasteiger partial charge >= 0.3 is 5.97 Å². The van der Waals surface area contributed by atoms with E-state index >= 15 is 0 Å². The second-order valence-electron chi connectivity index (χ2n) is 8.36. The molecule has 0 radical (unpaired) electrons. The molecule has 0 bridgehead atoms. The number of aryl methyl sites for hydroxylation is 2. The molecule has 0 fully saturated rings. The largest absolute Gasteiger partial charge is 0.478 e. The molecule has 170 valence electrons. The molecule has 34 heavy (non-hydrogen) atoms. The van der Waals surface area contributed by atoms with Gasteiger partial charge in [0.2, 0.25) is 0 Å². The quantitative estimate of drug-likeness (QED) is 0.388. The number of fused-ring (bicyclic) bond motifs is 2. The standard InChI is InChI=1S/C26H22N4O4/c1-14-8-19(15(2)28-21-7-5-4-6-18(21)26(32)33)24-20(9-14)22(31)11-23(34-24)16-10-17-13-30(3)29-25(17)27-12-16/h4-13,15,28H,1-3H3,(H,32,33). The number of aromatic nitrogens is 3. The predicted octanol–water partition coefficient (Wildman–Crippen LogP) is 4.92. The van der Waals surface area contributed by atoms with Gasteiger partial charge in [-0.3, -0.25) is 9.48 Å². The number of rotatable bonds is 5. The van der Waals surface area contributed by atoms with Crippen molar-refractivity contribution < 1.29 is 14.3 Å². The Bertz CT molecular complexity index is 1630. The third-order valence-electron chi connectivity index (χ3n) is 5.76. The molecule has 8 nitrogen and oxygen atoms in total. The van der Waals surface area contributed by atoms with E-state index in [4.69, 9.17) is 4.42 Å². The summed E-state index contributed by atoms with van der Waals surface area (Å²) >= 11 is 0. The summed E-state index contributed by atoms with van der Waals surface area (Å²) in [6, 6.07) is 13.5. The fourth-order valence-corrected chi connectivity index (χ4v) is 4.17. The highest BCUT2D eigenvalue weighted by atomic mass is 16.4. The van der Waals surface area contributed by atoms with Gasteiger partial charge in [0, 0.05) is 47.7 Å². The summed E-state index contributed by atoms with van der Waals surface area (Å²) in [5.41, 5.74) is 3.89. The Morgan fingerprint density at radius 2 is 1.97 bits per heavy atom. The van der Waals surface area contributed by atoms with E-state index in [9.17, 15) is 14.7 Å². The zero-order valence-electron chi connectivity index (χ0n) is 18.9. The zero-order valence-corrected chi connectivity index (χ0v) is 18.9. The van der Waals surface area contributed by atoms with Gasteiger partial charge in [0.15, 0.2) is 11.1 Å². The monoisotopic (exact) mass is 454 g/mol. The van der Waals surface area contributed by atoms with Gasteiger partial charge in [0.05, 0.1) is 17.0 Å². The number of nitrogens with one attached hydrogen (secondary N) is 1. The molecule has 0 aliphatic rings. The van der Waals surface area contributed by atoms with Crippen LogP contribution >= 0.6 is 0 Å². The summed E-state index contributed by atoms with van der Waals surface area (Å²) in [7, 11) is 1.82. The van der Waals surface area contributed by atoms with E-state index in [1.807, 2.05) is 39.2 Å². The van der Waals surface area contributed by atoms with Crippen molar-refractivity contribution in [2.75, 3.05) is 5.32 Å². The Hall–Kier alpha value is -4.46. The highest BCUT2D eigenvalue weighted by molar-refractivity contribution is 5.94. The fourth-order valence-electron chi connectivity index (χ4n) is 4.17. The van der Waals surface area contributed by atoms with Gasteiger partial charge in [-0.1, -0.05) is 18.2 Å². The van der Waals surface area contributed by atoms with Crippen LogP contribution in [0.25, 0.3) is 33.3 Å². The molecule has 0 aliphatic carbocycles. The molecule has 0 saturated carbocycles. The van der Waals surface area contributed by atoms with Crippen molar-refractivity contribution in [1.29, 1.82) is 0 Å². The summed E-state index contributed by atoms with van der Waals surface area (Å²) in [4.78, 5) is 29.1. The first-order valence-corrected chi connectivity index (χ1v) is 10.8. The molecule has 2 aromatic carbocycles. The molecule has 5 aromatic rings. The number of para-hydroxylation sites is 1. The third-order valence-corrected chi connectivity index (χ3v) is 5.76. The predicted molar refractivity (Wildman–Crippen MR) is 130 cm³/mol. The van der Waals surface area contributed by atoms with Crippen LogP contribution < -0.4 is 10.7 Å². The van der Waals surface area contributed by atoms with Gasteiger partial charge < -0.3 is 14.8 Å². The van der Waals surface area contributed by atoms with E-state index in [2.05, 4.69) is 15.4 Å². The van der Waals surface area contributed by atoms with Crippen molar-refractivity contribution in [3.8, 4) is 11.3 Å². The molecular weight excluding hydrogens is 432 g/mol. The van der Waals surface area contributed by atoms with Crippen molar-refractivity contribution >= 4 is 33.7 Å². The SMILES string of the molecule is Cc1cc(C(C)Nc2ccccc2C(=O)O)c2oc(-c3cnc4nn(C)cc4c3)cc(=O)c2c1. The molecule has 0 saturated heterocycles. The molecule has 1 atom stereocenters. The molecule has 2 N–H and O–H groups in total. The van der Waals surface area contributed by atoms with E-state index in [0.29, 0.717) is 33.6 Å². The van der Waals surface area contributed by atoms with Gasteiger partial charge in [0.1, 0.15) is 11.3 Å². The first-order valence-electron chi connectivity index (χ1n) is 10.8. The van der Waals surface area contributed by atoms with Crippen molar-refractivity contribution in [2.45, 2.75) is 19.9 Å². The average molecular weight is 454 g/mol. The van der Waals surface area contributed by atoms with Crippen molar-refractivity contribution in [2.24, 2.45) is 7.05 Å². The van der Waals surface area contributed by atoms with Crippen LogP contribution in [0, 0.1) is 6.92 Å². The van der Waals surface area contributed by atoms with Gasteiger partial charge in [-0.25, -0.2) is 9.78 Å². The minimum Gasteiger partial charge on any atom is -0.478 e. The Morgan fingerprint density at radius 1 is 1.18 bits per heavy atom. The van der Waals surface area contributed by atoms with Crippen LogP contribution in [0.1, 0.15) is 34.5 Å². The van der Waals surface area contributed by atoms with E-state index in [1.165, 1.54) is 6.07 Å². The number of anilines is 1. The Kier molecular flexibility index (Phi) is 5.13. The number of benzene rings is 2. The maximum atomic E-state index is 13.1. The van der Waals surface area contributed by atoms with Gasteiger partial charge in [0.25, 0.3) is 0 Å². The fraction of sp³-hybridized carbons (Fsp3) is 0.154. The lowest BCUT2D eigenvalue weighted by Gasteiger charge is -2.19. The lowest BCUT2D eigenvalue weighted by atomic mass is 10.00. The Balaban J connectivity index is 1.64. The second kappa shape index (κ2) is 8.15. The summed E-state index contributed by atoms with van der Waals surface area (Å²) in [5.74, 6) is -0.615. The number of carbonyl (C=O) groups is 1. The molecule has 8 heteroatoms. The number of pyridine rings is 1. The molecule has 0 aliphatic heterocycles. The van der Waals surface area contributed by atoms with Gasteiger partial charge in [-0.2, -0.15) is 5.10 Å². The first-order chi connectivity index (χ1) is 16.3. The smallest absolute Gasteiger partial charge is 0.337 e. The highest BCUT2D eigenvalue weighted by Gasteiger charge is 2.18. The van der Waals surface area contributed by atoms with Crippen molar-refractivity contribution in [3.63, 3.8) is 0 Å². The molecule has 0 amide bonds. The number of hydrogen-bond acceptors (Lipinski definition) is 6. The topological polar surface area (TPSA) is 110 Å². The van der Waals surface area contributed by atoms with Gasteiger partial charge in [-0.15, -0.1) is 0 Å². The van der Waals surface area contributed by atoms with Crippen LogP contribution in [0.2, 0.25) is 0 Å². The highest BCUT2D eigenvalue weighted by Crippen LogP contribution is 2.31. The zero-order chi connectivity index (χ0) is 24.0. The lowest BCUT2D eigenvalue weighted by molar-refractivity contribution is 0.0698. The van der Waals surface area contributed by atoms with Crippen molar-refractivity contribution in [3.05, 3.63) is 87.8 Å². The summed E-state index contributed by atoms with van der Waals surface area (Å²) < 4.78 is 7.97. The molecule has 3 heterocycles. The molecule has 0 spiro atoms. The minimum atomic E-state index is -1.02. The number of carboxylic acids is 1. The molecule has 1 unspecified atom stereocenters. The van der Waals surface area contributed by atoms with E-state index in [1.54, 1.807) is 41.2 Å². The third kappa shape index (κ3) is 3.79.